The van der Waals surface area contributed by atoms with E-state index in [-0.39, 0.29) is 17.9 Å². The van der Waals surface area contributed by atoms with E-state index in [0.29, 0.717) is 18.8 Å². The number of pyridine rings is 1. The first-order chi connectivity index (χ1) is 12.5. The molecule has 2 amide bonds. The average molecular weight is 355 g/mol. The van der Waals surface area contributed by atoms with Gasteiger partial charge < -0.3 is 10.2 Å². The number of likely N-dealkylation sites (tertiary alicyclic amines) is 1. The molecule has 2 aromatic rings. The van der Waals surface area contributed by atoms with E-state index in [2.05, 4.69) is 15.4 Å². The first-order valence-corrected chi connectivity index (χ1v) is 9.05. The largest absolute Gasteiger partial charge is 0.351 e. The van der Waals surface area contributed by atoms with E-state index in [1.165, 1.54) is 6.92 Å². The van der Waals surface area contributed by atoms with Gasteiger partial charge in [-0.2, -0.15) is 5.10 Å². The van der Waals surface area contributed by atoms with Gasteiger partial charge in [0.1, 0.15) is 0 Å². The molecule has 0 unspecified atom stereocenters. The SMILES string of the molecule is CCn1nc(C(=O)N2CCC[C@H]2c2cccc(CNC(C)=O)n2)cc1C. The molecular formula is C19H25N5O2. The molecule has 26 heavy (non-hydrogen) atoms. The molecule has 1 N–H and O–H groups in total. The number of aromatic nitrogens is 3. The third-order valence-electron chi connectivity index (χ3n) is 4.70. The molecule has 1 saturated heterocycles. The zero-order chi connectivity index (χ0) is 18.7. The lowest BCUT2D eigenvalue weighted by Gasteiger charge is -2.24. The van der Waals surface area contributed by atoms with Gasteiger partial charge in [0.25, 0.3) is 5.91 Å². The molecule has 1 aliphatic rings. The van der Waals surface area contributed by atoms with Crippen LogP contribution in [0.4, 0.5) is 0 Å². The summed E-state index contributed by atoms with van der Waals surface area (Å²) in [6.07, 6.45) is 1.83. The van der Waals surface area contributed by atoms with Crippen LogP contribution in [-0.2, 0) is 17.9 Å². The minimum atomic E-state index is -0.0863. The van der Waals surface area contributed by atoms with Crippen molar-refractivity contribution in [3.63, 3.8) is 0 Å². The Bertz CT molecular complexity index is 814. The number of rotatable bonds is 5. The van der Waals surface area contributed by atoms with E-state index in [1.807, 2.05) is 47.7 Å². The molecule has 0 radical (unpaired) electrons. The standard InChI is InChI=1S/C19H25N5O2/c1-4-24-13(2)11-17(22-24)19(26)23-10-6-9-18(23)16-8-5-7-15(21-16)12-20-14(3)25/h5,7-8,11,18H,4,6,9-10,12H2,1-3H3,(H,20,25)/t18-/m0/s1. The van der Waals surface area contributed by atoms with Crippen molar-refractivity contribution < 1.29 is 9.59 Å². The zero-order valence-corrected chi connectivity index (χ0v) is 15.5. The summed E-state index contributed by atoms with van der Waals surface area (Å²) >= 11 is 0. The molecular weight excluding hydrogens is 330 g/mol. The molecule has 0 bridgehead atoms. The smallest absolute Gasteiger partial charge is 0.274 e. The van der Waals surface area contributed by atoms with Crippen molar-refractivity contribution in [1.29, 1.82) is 0 Å². The summed E-state index contributed by atoms with van der Waals surface area (Å²) in [5.74, 6) is -0.131. The van der Waals surface area contributed by atoms with Gasteiger partial charge in [0, 0.05) is 25.7 Å². The van der Waals surface area contributed by atoms with Gasteiger partial charge in [-0.1, -0.05) is 6.07 Å². The van der Waals surface area contributed by atoms with Gasteiger partial charge >= 0.3 is 0 Å². The van der Waals surface area contributed by atoms with Crippen LogP contribution in [0.15, 0.2) is 24.3 Å². The third-order valence-corrected chi connectivity index (χ3v) is 4.70. The number of carbonyl (C=O) groups is 2. The third kappa shape index (κ3) is 3.76. The van der Waals surface area contributed by atoms with Gasteiger partial charge in [0.2, 0.25) is 5.91 Å². The first kappa shape index (κ1) is 18.1. The van der Waals surface area contributed by atoms with Crippen LogP contribution in [0.25, 0.3) is 0 Å². The number of hydrogen-bond donors (Lipinski definition) is 1. The second-order valence-electron chi connectivity index (χ2n) is 6.61. The molecule has 0 aliphatic carbocycles. The molecule has 7 heteroatoms. The predicted octanol–water partition coefficient (Wildman–Crippen LogP) is 2.22. The number of amides is 2. The summed E-state index contributed by atoms with van der Waals surface area (Å²) in [5.41, 5.74) is 3.14. The highest BCUT2D eigenvalue weighted by molar-refractivity contribution is 5.92. The van der Waals surface area contributed by atoms with Crippen LogP contribution in [-0.4, -0.2) is 38.0 Å². The Hall–Kier alpha value is -2.70. The maximum atomic E-state index is 13.0. The van der Waals surface area contributed by atoms with Crippen molar-refractivity contribution in [2.24, 2.45) is 0 Å². The first-order valence-electron chi connectivity index (χ1n) is 9.05. The Morgan fingerprint density at radius 3 is 2.85 bits per heavy atom. The minimum absolute atomic E-state index is 0.0446. The van der Waals surface area contributed by atoms with Crippen molar-refractivity contribution in [1.82, 2.24) is 25.0 Å². The average Bonchev–Trinajstić information content (AvgIpc) is 3.26. The Morgan fingerprint density at radius 1 is 1.35 bits per heavy atom. The van der Waals surface area contributed by atoms with E-state index in [4.69, 9.17) is 0 Å². The maximum absolute atomic E-state index is 13.0. The lowest BCUT2D eigenvalue weighted by Crippen LogP contribution is -2.31. The van der Waals surface area contributed by atoms with Crippen LogP contribution in [0.5, 0.6) is 0 Å². The number of hydrogen-bond acceptors (Lipinski definition) is 4. The summed E-state index contributed by atoms with van der Waals surface area (Å²) in [6.45, 7) is 7.30. The highest BCUT2D eigenvalue weighted by Gasteiger charge is 2.32. The van der Waals surface area contributed by atoms with Crippen molar-refractivity contribution >= 4 is 11.8 Å². The van der Waals surface area contributed by atoms with E-state index in [0.717, 1.165) is 36.5 Å². The van der Waals surface area contributed by atoms with Crippen molar-refractivity contribution in [2.75, 3.05) is 6.54 Å². The molecule has 7 nitrogen and oxygen atoms in total. The molecule has 0 aromatic carbocycles. The van der Waals surface area contributed by atoms with E-state index in [9.17, 15) is 9.59 Å². The number of nitrogens with zero attached hydrogens (tertiary/aromatic N) is 4. The molecule has 1 fully saturated rings. The highest BCUT2D eigenvalue weighted by Crippen LogP contribution is 2.32. The summed E-state index contributed by atoms with van der Waals surface area (Å²) in [7, 11) is 0. The topological polar surface area (TPSA) is 80.1 Å². The van der Waals surface area contributed by atoms with Crippen LogP contribution in [0.2, 0.25) is 0 Å². The van der Waals surface area contributed by atoms with Crippen LogP contribution in [0, 0.1) is 6.92 Å². The summed E-state index contributed by atoms with van der Waals surface area (Å²) < 4.78 is 1.84. The van der Waals surface area contributed by atoms with Gasteiger partial charge in [-0.3, -0.25) is 19.3 Å². The lowest BCUT2D eigenvalue weighted by atomic mass is 10.1. The van der Waals surface area contributed by atoms with Crippen molar-refractivity contribution in [3.8, 4) is 0 Å². The van der Waals surface area contributed by atoms with Gasteiger partial charge in [-0.15, -0.1) is 0 Å². The van der Waals surface area contributed by atoms with E-state index >= 15 is 0 Å². The lowest BCUT2D eigenvalue weighted by molar-refractivity contribution is -0.119. The Kier molecular flexibility index (Phi) is 5.35. The molecule has 2 aromatic heterocycles. The van der Waals surface area contributed by atoms with Crippen LogP contribution in [0.3, 0.4) is 0 Å². The second-order valence-corrected chi connectivity index (χ2v) is 6.61. The monoisotopic (exact) mass is 355 g/mol. The van der Waals surface area contributed by atoms with Gasteiger partial charge in [0.15, 0.2) is 5.69 Å². The minimum Gasteiger partial charge on any atom is -0.351 e. The summed E-state index contributed by atoms with van der Waals surface area (Å²) in [5, 5.41) is 7.18. The number of carbonyl (C=O) groups excluding carboxylic acids is 2. The predicted molar refractivity (Wildman–Crippen MR) is 97.4 cm³/mol. The molecule has 0 saturated carbocycles. The summed E-state index contributed by atoms with van der Waals surface area (Å²) in [6, 6.07) is 7.56. The molecule has 3 rings (SSSR count). The fraction of sp³-hybridized carbons (Fsp3) is 0.474. The van der Waals surface area contributed by atoms with E-state index < -0.39 is 0 Å². The molecule has 1 aliphatic heterocycles. The Balaban J connectivity index is 1.80. The van der Waals surface area contributed by atoms with Crippen LogP contribution in [0.1, 0.15) is 60.3 Å². The van der Waals surface area contributed by atoms with E-state index in [1.54, 1.807) is 0 Å². The molecule has 1 atom stereocenters. The molecule has 138 valence electrons. The fourth-order valence-electron chi connectivity index (χ4n) is 3.40. The zero-order valence-electron chi connectivity index (χ0n) is 15.5. The summed E-state index contributed by atoms with van der Waals surface area (Å²) in [4.78, 5) is 30.6. The van der Waals surface area contributed by atoms with Gasteiger partial charge in [-0.05, 0) is 44.9 Å². The molecule has 3 heterocycles. The second kappa shape index (κ2) is 7.68. The normalized spacial score (nSPS) is 16.7. The van der Waals surface area contributed by atoms with Crippen LogP contribution < -0.4 is 5.32 Å². The quantitative estimate of drug-likeness (QED) is 0.892. The highest BCUT2D eigenvalue weighted by atomic mass is 16.2. The Labute approximate surface area is 153 Å². The van der Waals surface area contributed by atoms with Gasteiger partial charge in [0.05, 0.1) is 24.0 Å². The fourth-order valence-corrected chi connectivity index (χ4v) is 3.40. The van der Waals surface area contributed by atoms with Crippen molar-refractivity contribution in [2.45, 2.75) is 52.7 Å². The Morgan fingerprint density at radius 2 is 2.15 bits per heavy atom. The maximum Gasteiger partial charge on any atom is 0.274 e. The van der Waals surface area contributed by atoms with Crippen molar-refractivity contribution in [3.05, 3.63) is 47.0 Å². The molecule has 0 spiro atoms. The van der Waals surface area contributed by atoms with Crippen LogP contribution >= 0.6 is 0 Å². The van der Waals surface area contributed by atoms with Gasteiger partial charge in [-0.25, -0.2) is 0 Å². The number of aryl methyl sites for hydroxylation is 2. The number of nitrogens with one attached hydrogen (secondary N) is 1.